The van der Waals surface area contributed by atoms with Crippen molar-refractivity contribution < 1.29 is 4.79 Å². The van der Waals surface area contributed by atoms with Gasteiger partial charge in [0.1, 0.15) is 17.0 Å². The molecular formula is C21H24N4OS2. The molecule has 28 heavy (non-hydrogen) atoms. The van der Waals surface area contributed by atoms with E-state index < -0.39 is 0 Å². The Labute approximate surface area is 172 Å². The second-order valence-corrected chi connectivity index (χ2v) is 10.1. The summed E-state index contributed by atoms with van der Waals surface area (Å²) in [5.41, 5.74) is 1.49. The highest BCUT2D eigenvalue weighted by atomic mass is 32.1. The number of carbonyl (C=O) groups is 1. The number of nitrogens with zero attached hydrogens (tertiary/aromatic N) is 3. The Kier molecular flexibility index (Phi) is 4.80. The SMILES string of the molecule is Cc1ccc(C(=O)NC2CCN(c3ncnc4sc5c(c34)CCCC5)CC2)s1. The molecule has 1 aliphatic heterocycles. The van der Waals surface area contributed by atoms with E-state index >= 15 is 0 Å². The van der Waals surface area contributed by atoms with Crippen molar-refractivity contribution >= 4 is 44.6 Å². The Bertz CT molecular complexity index is 1020. The predicted octanol–water partition coefficient (Wildman–Crippen LogP) is 4.34. The fraction of sp³-hybridized carbons (Fsp3) is 0.476. The van der Waals surface area contributed by atoms with Crippen LogP contribution in [-0.4, -0.2) is 35.0 Å². The van der Waals surface area contributed by atoms with Crippen LogP contribution in [0.1, 0.15) is 50.7 Å². The molecule has 0 aromatic carbocycles. The second-order valence-electron chi connectivity index (χ2n) is 7.73. The summed E-state index contributed by atoms with van der Waals surface area (Å²) in [7, 11) is 0. The molecule has 0 atom stereocenters. The molecule has 0 radical (unpaired) electrons. The summed E-state index contributed by atoms with van der Waals surface area (Å²) >= 11 is 3.41. The molecule has 3 aromatic heterocycles. The summed E-state index contributed by atoms with van der Waals surface area (Å²) in [6.45, 7) is 3.88. The number of aromatic nitrogens is 2. The van der Waals surface area contributed by atoms with Gasteiger partial charge in [0.25, 0.3) is 5.91 Å². The largest absolute Gasteiger partial charge is 0.356 e. The normalized spacial score (nSPS) is 17.7. The molecular weight excluding hydrogens is 388 g/mol. The summed E-state index contributed by atoms with van der Waals surface area (Å²) in [6.07, 6.45) is 8.52. The fourth-order valence-corrected chi connectivity index (χ4v) is 6.36. The Morgan fingerprint density at radius 2 is 1.96 bits per heavy atom. The zero-order chi connectivity index (χ0) is 19.1. The summed E-state index contributed by atoms with van der Waals surface area (Å²) in [6, 6.07) is 4.16. The maximum absolute atomic E-state index is 12.4. The summed E-state index contributed by atoms with van der Waals surface area (Å²) in [5.74, 6) is 1.16. The van der Waals surface area contributed by atoms with Crippen LogP contribution >= 0.6 is 22.7 Å². The highest BCUT2D eigenvalue weighted by Crippen LogP contribution is 2.39. The standard InChI is InChI=1S/C21H24N4OS2/c1-13-6-7-17(27-13)20(26)24-14-8-10-25(11-9-14)19-18-15-4-2-3-5-16(15)28-21(18)23-12-22-19/h6-7,12,14H,2-5,8-11H2,1H3,(H,24,26). The number of hydrogen-bond donors (Lipinski definition) is 1. The van der Waals surface area contributed by atoms with Gasteiger partial charge in [-0.05, 0) is 63.1 Å². The van der Waals surface area contributed by atoms with Crippen molar-refractivity contribution in [2.24, 2.45) is 0 Å². The first-order valence-electron chi connectivity index (χ1n) is 10.1. The second kappa shape index (κ2) is 7.44. The number of carbonyl (C=O) groups excluding carboxylic acids is 1. The van der Waals surface area contributed by atoms with Gasteiger partial charge in [-0.25, -0.2) is 9.97 Å². The zero-order valence-electron chi connectivity index (χ0n) is 16.0. The van der Waals surface area contributed by atoms with Crippen molar-refractivity contribution in [3.8, 4) is 0 Å². The molecule has 7 heteroatoms. The first kappa shape index (κ1) is 18.1. The lowest BCUT2D eigenvalue weighted by Crippen LogP contribution is -2.44. The molecule has 3 aromatic rings. The van der Waals surface area contributed by atoms with Gasteiger partial charge in [-0.3, -0.25) is 4.79 Å². The average molecular weight is 413 g/mol. The van der Waals surface area contributed by atoms with Gasteiger partial charge in [0, 0.05) is 28.9 Å². The number of aryl methyl sites for hydroxylation is 3. The third-order valence-electron chi connectivity index (χ3n) is 5.83. The van der Waals surface area contributed by atoms with Crippen LogP contribution in [0.4, 0.5) is 5.82 Å². The first-order chi connectivity index (χ1) is 13.7. The first-order valence-corrected chi connectivity index (χ1v) is 11.7. The minimum Gasteiger partial charge on any atom is -0.356 e. The third-order valence-corrected chi connectivity index (χ3v) is 8.02. The predicted molar refractivity (Wildman–Crippen MR) is 116 cm³/mol. The molecule has 1 saturated heterocycles. The Hall–Kier alpha value is -1.99. The average Bonchev–Trinajstić information content (AvgIpc) is 3.32. The van der Waals surface area contributed by atoms with Crippen molar-refractivity contribution in [2.45, 2.75) is 51.5 Å². The molecule has 0 saturated carbocycles. The fourth-order valence-electron chi connectivity index (χ4n) is 4.36. The van der Waals surface area contributed by atoms with Gasteiger partial charge in [0.2, 0.25) is 0 Å². The van der Waals surface area contributed by atoms with Crippen LogP contribution in [0.3, 0.4) is 0 Å². The van der Waals surface area contributed by atoms with Crippen LogP contribution in [-0.2, 0) is 12.8 Å². The number of rotatable bonds is 3. The maximum atomic E-state index is 12.4. The number of fused-ring (bicyclic) bond motifs is 3. The van der Waals surface area contributed by atoms with Gasteiger partial charge in [0.05, 0.1) is 10.3 Å². The highest BCUT2D eigenvalue weighted by molar-refractivity contribution is 7.19. The van der Waals surface area contributed by atoms with Gasteiger partial charge in [-0.15, -0.1) is 22.7 Å². The van der Waals surface area contributed by atoms with Gasteiger partial charge in [-0.2, -0.15) is 0 Å². The molecule has 5 nitrogen and oxygen atoms in total. The number of nitrogens with one attached hydrogen (secondary N) is 1. The topological polar surface area (TPSA) is 58.1 Å². The third kappa shape index (κ3) is 3.31. The molecule has 1 fully saturated rings. The van der Waals surface area contributed by atoms with Crippen molar-refractivity contribution in [1.29, 1.82) is 0 Å². The lowest BCUT2D eigenvalue weighted by Gasteiger charge is -2.33. The van der Waals surface area contributed by atoms with Crippen LogP contribution in [0.15, 0.2) is 18.5 Å². The quantitative estimate of drug-likeness (QED) is 0.695. The van der Waals surface area contributed by atoms with Crippen molar-refractivity contribution in [3.05, 3.63) is 38.7 Å². The monoisotopic (exact) mass is 412 g/mol. The van der Waals surface area contributed by atoms with Gasteiger partial charge in [0.15, 0.2) is 0 Å². The molecule has 2 aliphatic rings. The van der Waals surface area contributed by atoms with E-state index in [1.165, 1.54) is 40.0 Å². The van der Waals surface area contributed by atoms with E-state index in [1.807, 2.05) is 30.4 Å². The summed E-state index contributed by atoms with van der Waals surface area (Å²) < 4.78 is 0. The molecule has 1 N–H and O–H groups in total. The van der Waals surface area contributed by atoms with Crippen molar-refractivity contribution in [2.75, 3.05) is 18.0 Å². The van der Waals surface area contributed by atoms with E-state index in [4.69, 9.17) is 0 Å². The number of anilines is 1. The Balaban J connectivity index is 1.31. The van der Waals surface area contributed by atoms with Gasteiger partial charge in [-0.1, -0.05) is 0 Å². The number of thiophene rings is 2. The van der Waals surface area contributed by atoms with Crippen LogP contribution in [0.25, 0.3) is 10.2 Å². The van der Waals surface area contributed by atoms with E-state index in [-0.39, 0.29) is 11.9 Å². The summed E-state index contributed by atoms with van der Waals surface area (Å²) in [4.78, 5) is 28.7. The minimum absolute atomic E-state index is 0.0629. The minimum atomic E-state index is 0.0629. The molecule has 146 valence electrons. The molecule has 0 unspecified atom stereocenters. The number of amides is 1. The van der Waals surface area contributed by atoms with E-state index in [0.29, 0.717) is 0 Å². The van der Waals surface area contributed by atoms with E-state index in [1.54, 1.807) is 17.7 Å². The van der Waals surface area contributed by atoms with E-state index in [0.717, 1.165) is 47.9 Å². The highest BCUT2D eigenvalue weighted by Gasteiger charge is 2.26. The van der Waals surface area contributed by atoms with Gasteiger partial charge >= 0.3 is 0 Å². The number of hydrogen-bond acceptors (Lipinski definition) is 6. The zero-order valence-corrected chi connectivity index (χ0v) is 17.7. The van der Waals surface area contributed by atoms with Crippen LogP contribution < -0.4 is 10.2 Å². The van der Waals surface area contributed by atoms with Crippen molar-refractivity contribution in [3.63, 3.8) is 0 Å². The molecule has 0 bridgehead atoms. The Morgan fingerprint density at radius 3 is 2.75 bits per heavy atom. The molecule has 0 spiro atoms. The van der Waals surface area contributed by atoms with E-state index in [9.17, 15) is 4.79 Å². The lowest BCUT2D eigenvalue weighted by molar-refractivity contribution is 0.0935. The smallest absolute Gasteiger partial charge is 0.261 e. The number of piperidine rings is 1. The molecule has 1 aliphatic carbocycles. The summed E-state index contributed by atoms with van der Waals surface area (Å²) in [5, 5.41) is 4.51. The van der Waals surface area contributed by atoms with Crippen LogP contribution in [0, 0.1) is 6.92 Å². The molecule has 4 heterocycles. The van der Waals surface area contributed by atoms with Crippen LogP contribution in [0.2, 0.25) is 0 Å². The van der Waals surface area contributed by atoms with E-state index in [2.05, 4.69) is 20.2 Å². The molecule has 1 amide bonds. The lowest BCUT2D eigenvalue weighted by atomic mass is 9.96. The van der Waals surface area contributed by atoms with Crippen molar-refractivity contribution in [1.82, 2.24) is 15.3 Å². The maximum Gasteiger partial charge on any atom is 0.261 e. The Morgan fingerprint density at radius 1 is 1.14 bits per heavy atom. The van der Waals surface area contributed by atoms with Crippen LogP contribution in [0.5, 0.6) is 0 Å². The molecule has 5 rings (SSSR count). The van der Waals surface area contributed by atoms with Gasteiger partial charge < -0.3 is 10.2 Å².